The summed E-state index contributed by atoms with van der Waals surface area (Å²) in [5, 5.41) is 10.6. The molecule has 0 bridgehead atoms. The second kappa shape index (κ2) is 8.13. The van der Waals surface area contributed by atoms with E-state index in [9.17, 15) is 14.7 Å². The molecule has 6 heteroatoms. The number of aliphatic hydroxyl groups excluding tert-OH is 1. The molecular formula is C21H27NO5. The number of ether oxygens (including phenoxy) is 2. The Morgan fingerprint density at radius 1 is 1.37 bits per heavy atom. The summed E-state index contributed by atoms with van der Waals surface area (Å²) >= 11 is 0. The molecule has 1 aromatic rings. The van der Waals surface area contributed by atoms with Crippen molar-refractivity contribution in [2.75, 3.05) is 20.3 Å². The highest BCUT2D eigenvalue weighted by Gasteiger charge is 2.45. The predicted octanol–water partition coefficient (Wildman–Crippen LogP) is 3.18. The first-order chi connectivity index (χ1) is 12.9. The molecule has 3 rings (SSSR count). The fourth-order valence-corrected chi connectivity index (χ4v) is 3.83. The molecule has 27 heavy (non-hydrogen) atoms. The lowest BCUT2D eigenvalue weighted by Crippen LogP contribution is -2.37. The molecular weight excluding hydrogens is 346 g/mol. The molecule has 2 atom stereocenters. The highest BCUT2D eigenvalue weighted by molar-refractivity contribution is 6.09. The van der Waals surface area contributed by atoms with Crippen LogP contribution in [0.5, 0.6) is 5.75 Å². The van der Waals surface area contributed by atoms with E-state index < -0.39 is 17.7 Å². The van der Waals surface area contributed by atoms with Gasteiger partial charge in [0, 0.05) is 25.1 Å². The van der Waals surface area contributed by atoms with E-state index in [0.717, 1.165) is 12.8 Å². The Morgan fingerprint density at radius 2 is 2.11 bits per heavy atom. The van der Waals surface area contributed by atoms with Gasteiger partial charge in [0.15, 0.2) is 11.5 Å². The number of benzene rings is 1. The predicted molar refractivity (Wildman–Crippen MR) is 101 cm³/mol. The van der Waals surface area contributed by atoms with Crippen molar-refractivity contribution < 1.29 is 24.2 Å². The maximum atomic E-state index is 12.9. The highest BCUT2D eigenvalue weighted by atomic mass is 16.5. The van der Waals surface area contributed by atoms with Gasteiger partial charge in [-0.15, -0.1) is 0 Å². The molecule has 0 spiro atoms. The van der Waals surface area contributed by atoms with E-state index in [1.54, 1.807) is 18.1 Å². The van der Waals surface area contributed by atoms with Crippen LogP contribution in [0.3, 0.4) is 0 Å². The number of Topliss-reactive ketones (excluding diaryl/α,β-unsaturated/α-hetero) is 1. The van der Waals surface area contributed by atoms with E-state index in [1.165, 1.54) is 0 Å². The van der Waals surface area contributed by atoms with Crippen LogP contribution in [0.1, 0.15) is 44.7 Å². The number of hydrogen-bond donors (Lipinski definition) is 1. The van der Waals surface area contributed by atoms with Gasteiger partial charge in [0.2, 0.25) is 0 Å². The number of hydrogen-bond acceptors (Lipinski definition) is 5. The van der Waals surface area contributed by atoms with Gasteiger partial charge < -0.3 is 19.5 Å². The molecule has 1 amide bonds. The second-order valence-electron chi connectivity index (χ2n) is 7.52. The number of rotatable bonds is 7. The van der Waals surface area contributed by atoms with Crippen molar-refractivity contribution in [3.05, 3.63) is 41.2 Å². The molecule has 1 aromatic carbocycles. The van der Waals surface area contributed by atoms with Crippen molar-refractivity contribution in [3.8, 4) is 5.75 Å². The monoisotopic (exact) mass is 373 g/mol. The van der Waals surface area contributed by atoms with Crippen LogP contribution in [0, 0.1) is 5.92 Å². The van der Waals surface area contributed by atoms with Gasteiger partial charge in [0.1, 0.15) is 5.75 Å². The van der Waals surface area contributed by atoms with Gasteiger partial charge in [-0.25, -0.2) is 0 Å². The lowest BCUT2D eigenvalue weighted by Gasteiger charge is -2.29. The molecule has 0 aromatic heterocycles. The Balaban J connectivity index is 2.03. The number of carbonyl (C=O) groups excluding carboxylic acids is 2. The van der Waals surface area contributed by atoms with Gasteiger partial charge in [-0.05, 0) is 24.8 Å². The summed E-state index contributed by atoms with van der Waals surface area (Å²) in [4.78, 5) is 27.3. The van der Waals surface area contributed by atoms with Crippen molar-refractivity contribution in [3.63, 3.8) is 0 Å². The quantitative estimate of drug-likeness (QED) is 0.794. The van der Waals surface area contributed by atoms with Crippen LogP contribution in [0.4, 0.5) is 0 Å². The fraction of sp³-hybridized carbons (Fsp3) is 0.524. The smallest absolute Gasteiger partial charge is 0.290 e. The van der Waals surface area contributed by atoms with Crippen molar-refractivity contribution in [1.29, 1.82) is 0 Å². The molecule has 146 valence electrons. The minimum atomic E-state index is -0.663. The number of nitrogens with zero attached hydrogens (tertiary/aromatic N) is 1. The molecule has 2 unspecified atom stereocenters. The van der Waals surface area contributed by atoms with Crippen LogP contribution in [0.15, 0.2) is 35.6 Å². The van der Waals surface area contributed by atoms with Gasteiger partial charge in [-0.2, -0.15) is 0 Å². The Hall–Kier alpha value is -2.34. The van der Waals surface area contributed by atoms with E-state index >= 15 is 0 Å². The maximum absolute atomic E-state index is 12.9. The van der Waals surface area contributed by atoms with Gasteiger partial charge >= 0.3 is 0 Å². The number of methoxy groups -OCH3 is 1. The number of amides is 1. The summed E-state index contributed by atoms with van der Waals surface area (Å²) in [6, 6.07) is 6.64. The molecule has 6 nitrogen and oxygen atoms in total. The third-order valence-corrected chi connectivity index (χ3v) is 5.06. The minimum Gasteiger partial charge on any atom is -0.503 e. The molecule has 0 aliphatic carbocycles. The van der Waals surface area contributed by atoms with E-state index in [-0.39, 0.29) is 29.8 Å². The minimum absolute atomic E-state index is 0.0847. The standard InChI is InChI=1S/C21H27NO5/c1-13(2)11-16(23)18-19(15-8-4-5-9-17(15)26-3)22(21(25)20(18)24)12-14-7-6-10-27-14/h4-5,8-9,13-14,19,24H,6-7,10-12H2,1-3H3. The summed E-state index contributed by atoms with van der Waals surface area (Å²) in [6.45, 7) is 4.89. The zero-order chi connectivity index (χ0) is 19.6. The van der Waals surface area contributed by atoms with Crippen molar-refractivity contribution in [1.82, 2.24) is 4.90 Å². The van der Waals surface area contributed by atoms with Crippen molar-refractivity contribution >= 4 is 11.7 Å². The summed E-state index contributed by atoms with van der Waals surface area (Å²) < 4.78 is 11.2. The fourth-order valence-electron chi connectivity index (χ4n) is 3.83. The van der Waals surface area contributed by atoms with Crippen molar-refractivity contribution in [2.45, 2.75) is 45.3 Å². The summed E-state index contributed by atoms with van der Waals surface area (Å²) in [5.41, 5.74) is 0.860. The van der Waals surface area contributed by atoms with Crippen LogP contribution < -0.4 is 4.74 Å². The Morgan fingerprint density at radius 3 is 2.74 bits per heavy atom. The molecule has 0 saturated carbocycles. The SMILES string of the molecule is COc1ccccc1C1C(C(=O)CC(C)C)=C(O)C(=O)N1CC1CCCO1. The lowest BCUT2D eigenvalue weighted by molar-refractivity contribution is -0.131. The molecule has 1 fully saturated rings. The normalized spacial score (nSPS) is 22.8. The number of para-hydroxylation sites is 1. The highest BCUT2D eigenvalue weighted by Crippen LogP contribution is 2.42. The largest absolute Gasteiger partial charge is 0.503 e. The number of aliphatic hydroxyl groups is 1. The van der Waals surface area contributed by atoms with Gasteiger partial charge in [0.25, 0.3) is 5.91 Å². The summed E-state index contributed by atoms with van der Waals surface area (Å²) in [7, 11) is 1.55. The van der Waals surface area contributed by atoms with Gasteiger partial charge in [-0.1, -0.05) is 32.0 Å². The third-order valence-electron chi connectivity index (χ3n) is 5.06. The molecule has 1 N–H and O–H groups in total. The Bertz CT molecular complexity index is 749. The van der Waals surface area contributed by atoms with Gasteiger partial charge in [0.05, 0.1) is 24.8 Å². The molecule has 2 aliphatic rings. The van der Waals surface area contributed by atoms with E-state index in [4.69, 9.17) is 9.47 Å². The van der Waals surface area contributed by atoms with Crippen LogP contribution in [0.2, 0.25) is 0 Å². The number of carbonyl (C=O) groups is 2. The zero-order valence-electron chi connectivity index (χ0n) is 16.1. The Labute approximate surface area is 159 Å². The maximum Gasteiger partial charge on any atom is 0.290 e. The first-order valence-corrected chi connectivity index (χ1v) is 9.45. The molecule has 2 aliphatic heterocycles. The zero-order valence-corrected chi connectivity index (χ0v) is 16.1. The topological polar surface area (TPSA) is 76.1 Å². The second-order valence-corrected chi connectivity index (χ2v) is 7.52. The first-order valence-electron chi connectivity index (χ1n) is 9.45. The average Bonchev–Trinajstić information content (AvgIpc) is 3.23. The van der Waals surface area contributed by atoms with E-state index in [0.29, 0.717) is 24.5 Å². The van der Waals surface area contributed by atoms with Crippen LogP contribution in [0.25, 0.3) is 0 Å². The average molecular weight is 373 g/mol. The summed E-state index contributed by atoms with van der Waals surface area (Å²) in [5.74, 6) is -0.472. The first kappa shape index (κ1) is 19.4. The van der Waals surface area contributed by atoms with Crippen molar-refractivity contribution in [2.24, 2.45) is 5.92 Å². The number of ketones is 1. The molecule has 2 heterocycles. The van der Waals surface area contributed by atoms with E-state index in [2.05, 4.69) is 0 Å². The third kappa shape index (κ3) is 3.86. The lowest BCUT2D eigenvalue weighted by atomic mass is 9.91. The summed E-state index contributed by atoms with van der Waals surface area (Å²) in [6.07, 6.45) is 1.99. The van der Waals surface area contributed by atoms with Gasteiger partial charge in [-0.3, -0.25) is 9.59 Å². The van der Waals surface area contributed by atoms with E-state index in [1.807, 2.05) is 32.0 Å². The van der Waals surface area contributed by atoms with Crippen LogP contribution in [-0.4, -0.2) is 48.1 Å². The molecule has 1 saturated heterocycles. The Kier molecular flexibility index (Phi) is 5.85. The van der Waals surface area contributed by atoms with Crippen LogP contribution >= 0.6 is 0 Å². The van der Waals surface area contributed by atoms with Crippen LogP contribution in [-0.2, 0) is 14.3 Å². The molecule has 0 radical (unpaired) electrons.